The largest absolute Gasteiger partial charge is 0.493 e. The lowest BCUT2D eigenvalue weighted by molar-refractivity contribution is 0.256. The number of hydrogen-bond donors (Lipinski definition) is 1. The fraction of sp³-hybridized carbons (Fsp3) is 0.500. The fourth-order valence-electron chi connectivity index (χ4n) is 2.28. The summed E-state index contributed by atoms with van der Waals surface area (Å²) in [5.41, 5.74) is 2.34. The van der Waals surface area contributed by atoms with Crippen LogP contribution in [0.15, 0.2) is 30.6 Å². The summed E-state index contributed by atoms with van der Waals surface area (Å²) >= 11 is 0. The summed E-state index contributed by atoms with van der Waals surface area (Å²) in [6, 6.07) is 6.32. The molecule has 1 heterocycles. The van der Waals surface area contributed by atoms with Crippen LogP contribution in [0.4, 0.5) is 0 Å². The van der Waals surface area contributed by atoms with Gasteiger partial charge in [-0.05, 0) is 30.5 Å². The van der Waals surface area contributed by atoms with Gasteiger partial charge in [0.25, 0.3) is 0 Å². The van der Waals surface area contributed by atoms with Crippen LogP contribution in [0.2, 0.25) is 0 Å². The SMILES string of the molecule is COc1cc(C(C)NCc2cnn(C)c2)ccc1OCC(C)C. The molecule has 1 N–H and O–H groups in total. The smallest absolute Gasteiger partial charge is 0.161 e. The highest BCUT2D eigenvalue weighted by Gasteiger charge is 2.11. The number of nitrogens with zero attached hydrogens (tertiary/aromatic N) is 2. The predicted octanol–water partition coefficient (Wildman–Crippen LogP) is 3.31. The summed E-state index contributed by atoms with van der Waals surface area (Å²) in [6.07, 6.45) is 3.90. The van der Waals surface area contributed by atoms with Crippen LogP contribution in [0.1, 0.15) is 37.9 Å². The van der Waals surface area contributed by atoms with Gasteiger partial charge in [0.15, 0.2) is 11.5 Å². The molecule has 0 aliphatic heterocycles. The van der Waals surface area contributed by atoms with E-state index in [-0.39, 0.29) is 6.04 Å². The zero-order valence-electron chi connectivity index (χ0n) is 14.7. The fourth-order valence-corrected chi connectivity index (χ4v) is 2.28. The molecule has 2 aromatic rings. The topological polar surface area (TPSA) is 48.3 Å². The van der Waals surface area contributed by atoms with E-state index in [1.54, 1.807) is 7.11 Å². The number of ether oxygens (including phenoxy) is 2. The van der Waals surface area contributed by atoms with E-state index in [1.165, 1.54) is 11.1 Å². The Kier molecular flexibility index (Phi) is 6.04. The molecule has 0 fully saturated rings. The van der Waals surface area contributed by atoms with Gasteiger partial charge >= 0.3 is 0 Å². The van der Waals surface area contributed by atoms with Crippen LogP contribution in [0, 0.1) is 5.92 Å². The van der Waals surface area contributed by atoms with Crippen molar-refractivity contribution in [2.45, 2.75) is 33.4 Å². The molecule has 126 valence electrons. The highest BCUT2D eigenvalue weighted by Crippen LogP contribution is 2.30. The first kappa shape index (κ1) is 17.3. The number of nitrogens with one attached hydrogen (secondary N) is 1. The molecule has 0 amide bonds. The first-order valence-corrected chi connectivity index (χ1v) is 8.01. The van der Waals surface area contributed by atoms with Crippen LogP contribution in [-0.4, -0.2) is 23.5 Å². The molecule has 0 aliphatic rings. The third kappa shape index (κ3) is 4.99. The minimum Gasteiger partial charge on any atom is -0.493 e. The molecule has 1 unspecified atom stereocenters. The summed E-state index contributed by atoms with van der Waals surface area (Å²) in [5, 5.41) is 7.68. The first-order valence-electron chi connectivity index (χ1n) is 8.01. The second-order valence-electron chi connectivity index (χ2n) is 6.24. The lowest BCUT2D eigenvalue weighted by Crippen LogP contribution is -2.18. The molecule has 5 nitrogen and oxygen atoms in total. The van der Waals surface area contributed by atoms with Crippen LogP contribution in [0.25, 0.3) is 0 Å². The van der Waals surface area contributed by atoms with Gasteiger partial charge in [0, 0.05) is 31.4 Å². The molecule has 0 saturated carbocycles. The van der Waals surface area contributed by atoms with Gasteiger partial charge in [-0.25, -0.2) is 0 Å². The Morgan fingerprint density at radius 1 is 1.22 bits per heavy atom. The van der Waals surface area contributed by atoms with Gasteiger partial charge in [-0.15, -0.1) is 0 Å². The Bertz CT molecular complexity index is 622. The highest BCUT2D eigenvalue weighted by atomic mass is 16.5. The van der Waals surface area contributed by atoms with Crippen molar-refractivity contribution in [3.63, 3.8) is 0 Å². The molecule has 1 aromatic heterocycles. The van der Waals surface area contributed by atoms with Crippen molar-refractivity contribution in [2.75, 3.05) is 13.7 Å². The molecule has 2 rings (SSSR count). The highest BCUT2D eigenvalue weighted by molar-refractivity contribution is 5.43. The van der Waals surface area contributed by atoms with E-state index in [4.69, 9.17) is 9.47 Å². The van der Waals surface area contributed by atoms with E-state index in [0.29, 0.717) is 12.5 Å². The van der Waals surface area contributed by atoms with Crippen molar-refractivity contribution in [1.82, 2.24) is 15.1 Å². The standard InChI is InChI=1S/C18H27N3O2/c1-13(2)12-23-17-7-6-16(8-18(17)22-5)14(3)19-9-15-10-20-21(4)11-15/h6-8,10-11,13-14,19H,9,12H2,1-5H3. The minimum absolute atomic E-state index is 0.211. The molecule has 0 radical (unpaired) electrons. The monoisotopic (exact) mass is 317 g/mol. The van der Waals surface area contributed by atoms with Gasteiger partial charge in [-0.2, -0.15) is 5.10 Å². The zero-order valence-corrected chi connectivity index (χ0v) is 14.7. The molecule has 0 aliphatic carbocycles. The van der Waals surface area contributed by atoms with Crippen molar-refractivity contribution in [2.24, 2.45) is 13.0 Å². The number of aryl methyl sites for hydroxylation is 1. The molecule has 1 aromatic carbocycles. The maximum absolute atomic E-state index is 5.80. The molecule has 23 heavy (non-hydrogen) atoms. The van der Waals surface area contributed by atoms with Gasteiger partial charge in [-0.1, -0.05) is 19.9 Å². The van der Waals surface area contributed by atoms with Gasteiger partial charge in [0.05, 0.1) is 19.9 Å². The van der Waals surface area contributed by atoms with Crippen molar-refractivity contribution >= 4 is 0 Å². The van der Waals surface area contributed by atoms with Gasteiger partial charge in [-0.3, -0.25) is 4.68 Å². The Labute approximate surface area is 138 Å². The van der Waals surface area contributed by atoms with E-state index in [2.05, 4.69) is 37.3 Å². The number of methoxy groups -OCH3 is 1. The van der Waals surface area contributed by atoms with E-state index >= 15 is 0 Å². The van der Waals surface area contributed by atoms with E-state index in [0.717, 1.165) is 18.0 Å². The van der Waals surface area contributed by atoms with Crippen LogP contribution < -0.4 is 14.8 Å². The summed E-state index contributed by atoms with van der Waals surface area (Å²) in [7, 11) is 3.60. The maximum Gasteiger partial charge on any atom is 0.161 e. The lowest BCUT2D eigenvalue weighted by Gasteiger charge is -2.17. The predicted molar refractivity (Wildman–Crippen MR) is 91.8 cm³/mol. The summed E-state index contributed by atoms with van der Waals surface area (Å²) in [6.45, 7) is 7.86. The summed E-state index contributed by atoms with van der Waals surface area (Å²) in [4.78, 5) is 0. The Balaban J connectivity index is 2.00. The summed E-state index contributed by atoms with van der Waals surface area (Å²) < 4.78 is 13.1. The van der Waals surface area contributed by atoms with Crippen molar-refractivity contribution in [3.05, 3.63) is 41.7 Å². The number of benzene rings is 1. The Morgan fingerprint density at radius 3 is 2.61 bits per heavy atom. The normalized spacial score (nSPS) is 12.4. The van der Waals surface area contributed by atoms with E-state index < -0.39 is 0 Å². The average Bonchev–Trinajstić information content (AvgIpc) is 2.95. The van der Waals surface area contributed by atoms with Crippen molar-refractivity contribution in [3.8, 4) is 11.5 Å². The van der Waals surface area contributed by atoms with E-state index in [9.17, 15) is 0 Å². The van der Waals surface area contributed by atoms with E-state index in [1.807, 2.05) is 36.3 Å². The molecule has 1 atom stereocenters. The number of aromatic nitrogens is 2. The quantitative estimate of drug-likeness (QED) is 0.811. The molecular formula is C18H27N3O2. The second-order valence-corrected chi connectivity index (χ2v) is 6.24. The van der Waals surface area contributed by atoms with Crippen LogP contribution in [-0.2, 0) is 13.6 Å². The second kappa shape index (κ2) is 8.02. The molecule has 0 saturated heterocycles. The third-order valence-electron chi connectivity index (χ3n) is 3.63. The molecule has 0 bridgehead atoms. The average molecular weight is 317 g/mol. The van der Waals surface area contributed by atoms with Crippen LogP contribution in [0.5, 0.6) is 11.5 Å². The first-order chi connectivity index (χ1) is 11.0. The minimum atomic E-state index is 0.211. The van der Waals surface area contributed by atoms with Crippen LogP contribution in [0.3, 0.4) is 0 Å². The maximum atomic E-state index is 5.80. The van der Waals surface area contributed by atoms with Crippen molar-refractivity contribution < 1.29 is 9.47 Å². The lowest BCUT2D eigenvalue weighted by atomic mass is 10.1. The Morgan fingerprint density at radius 2 is 2.00 bits per heavy atom. The van der Waals surface area contributed by atoms with Gasteiger partial charge in [0.1, 0.15) is 0 Å². The Hall–Kier alpha value is -2.01. The molecule has 5 heteroatoms. The zero-order chi connectivity index (χ0) is 16.8. The molecule has 0 spiro atoms. The number of rotatable bonds is 8. The van der Waals surface area contributed by atoms with Crippen molar-refractivity contribution in [1.29, 1.82) is 0 Å². The van der Waals surface area contributed by atoms with Crippen LogP contribution >= 0.6 is 0 Å². The summed E-state index contributed by atoms with van der Waals surface area (Å²) in [5.74, 6) is 2.06. The van der Waals surface area contributed by atoms with Gasteiger partial charge in [0.2, 0.25) is 0 Å². The number of hydrogen-bond acceptors (Lipinski definition) is 4. The third-order valence-corrected chi connectivity index (χ3v) is 3.63. The molecular weight excluding hydrogens is 290 g/mol. The van der Waals surface area contributed by atoms with Gasteiger partial charge < -0.3 is 14.8 Å².